The van der Waals surface area contributed by atoms with Gasteiger partial charge in [-0.1, -0.05) is 41.7 Å². The van der Waals surface area contributed by atoms with Gasteiger partial charge in [-0.05, 0) is 18.5 Å². The molecule has 0 amide bonds. The summed E-state index contributed by atoms with van der Waals surface area (Å²) in [4.78, 5) is 12.4. The van der Waals surface area contributed by atoms with Gasteiger partial charge in [0.05, 0.1) is 5.01 Å². The minimum Gasteiger partial charge on any atom is -0.426 e. The molecule has 1 aromatic carbocycles. The molecule has 3 aromatic rings. The van der Waals surface area contributed by atoms with Crippen molar-refractivity contribution in [1.29, 1.82) is 0 Å². The molecular weight excluding hydrogens is 294 g/mol. The third kappa shape index (κ3) is 2.79. The topological polar surface area (TPSA) is 47.9 Å². The van der Waals surface area contributed by atoms with E-state index in [1.807, 2.05) is 37.3 Å². The molecule has 0 aliphatic heterocycles. The van der Waals surface area contributed by atoms with Crippen LogP contribution in [0.4, 0.5) is 0 Å². The van der Waals surface area contributed by atoms with E-state index in [1.165, 1.54) is 11.3 Å². The van der Waals surface area contributed by atoms with Crippen LogP contribution in [0, 0.1) is 6.92 Å². The van der Waals surface area contributed by atoms with Crippen molar-refractivity contribution in [3.63, 3.8) is 0 Å². The second kappa shape index (κ2) is 5.56. The van der Waals surface area contributed by atoms with Crippen LogP contribution >= 0.6 is 22.9 Å². The van der Waals surface area contributed by atoms with Crippen LogP contribution in [0.25, 0.3) is 11.3 Å². The number of rotatable bonds is 3. The number of hydrogen-bond acceptors (Lipinski definition) is 5. The van der Waals surface area contributed by atoms with Gasteiger partial charge in [-0.3, -0.25) is 0 Å². The van der Waals surface area contributed by atoms with Gasteiger partial charge in [-0.2, -0.15) is 4.98 Å². The maximum Gasteiger partial charge on any atom is 0.225 e. The van der Waals surface area contributed by atoms with Gasteiger partial charge in [-0.25, -0.2) is 9.97 Å². The van der Waals surface area contributed by atoms with Crippen molar-refractivity contribution < 1.29 is 4.74 Å². The Bertz CT molecular complexity index is 730. The van der Waals surface area contributed by atoms with Gasteiger partial charge in [0.2, 0.25) is 16.2 Å². The van der Waals surface area contributed by atoms with E-state index in [0.717, 1.165) is 16.3 Å². The maximum absolute atomic E-state index is 5.79. The number of nitrogens with zero attached hydrogens (tertiary/aromatic N) is 3. The highest BCUT2D eigenvalue weighted by Crippen LogP contribution is 2.37. The van der Waals surface area contributed by atoms with Crippen LogP contribution < -0.4 is 4.74 Å². The first-order valence-electron chi connectivity index (χ1n) is 5.91. The SMILES string of the molecule is Cc1nc(-c2ccccc2)c(Oc2ccnc(Cl)n2)s1. The highest BCUT2D eigenvalue weighted by Gasteiger charge is 2.14. The highest BCUT2D eigenvalue weighted by molar-refractivity contribution is 7.13. The summed E-state index contributed by atoms with van der Waals surface area (Å²) in [5, 5.41) is 1.78. The molecule has 3 rings (SSSR count). The lowest BCUT2D eigenvalue weighted by Gasteiger charge is -2.04. The summed E-state index contributed by atoms with van der Waals surface area (Å²) in [5.74, 6) is 0.408. The molecule has 0 saturated carbocycles. The summed E-state index contributed by atoms with van der Waals surface area (Å²) in [5.41, 5.74) is 1.81. The first-order chi connectivity index (χ1) is 9.72. The van der Waals surface area contributed by atoms with E-state index in [-0.39, 0.29) is 5.28 Å². The zero-order chi connectivity index (χ0) is 13.9. The Morgan fingerprint density at radius 3 is 2.65 bits per heavy atom. The Morgan fingerprint density at radius 2 is 1.90 bits per heavy atom. The first kappa shape index (κ1) is 13.0. The largest absolute Gasteiger partial charge is 0.426 e. The Kier molecular flexibility index (Phi) is 3.62. The zero-order valence-corrected chi connectivity index (χ0v) is 12.1. The third-order valence-corrected chi connectivity index (χ3v) is 3.58. The summed E-state index contributed by atoms with van der Waals surface area (Å²) in [6.45, 7) is 1.94. The summed E-state index contributed by atoms with van der Waals surface area (Å²) in [7, 11) is 0. The molecule has 2 aromatic heterocycles. The minimum absolute atomic E-state index is 0.157. The molecule has 0 N–H and O–H groups in total. The van der Waals surface area contributed by atoms with Gasteiger partial charge in [-0.15, -0.1) is 0 Å². The minimum atomic E-state index is 0.157. The number of halogens is 1. The molecule has 0 unspecified atom stereocenters. The van der Waals surface area contributed by atoms with Crippen molar-refractivity contribution in [2.75, 3.05) is 0 Å². The van der Waals surface area contributed by atoms with E-state index >= 15 is 0 Å². The standard InChI is InChI=1S/C14H10ClN3OS/c1-9-17-12(10-5-3-2-4-6-10)13(20-9)19-11-7-8-16-14(15)18-11/h2-8H,1H3. The summed E-state index contributed by atoms with van der Waals surface area (Å²) in [6, 6.07) is 11.6. The van der Waals surface area contributed by atoms with Gasteiger partial charge >= 0.3 is 0 Å². The van der Waals surface area contributed by atoms with Crippen molar-refractivity contribution in [3.8, 4) is 22.2 Å². The van der Waals surface area contributed by atoms with Gasteiger partial charge in [0.15, 0.2) is 0 Å². The molecule has 4 nitrogen and oxygen atoms in total. The lowest BCUT2D eigenvalue weighted by molar-refractivity contribution is 0.475. The Balaban J connectivity index is 1.98. The Labute approximate surface area is 125 Å². The number of thiazole rings is 1. The van der Waals surface area contributed by atoms with Crippen LogP contribution in [0.3, 0.4) is 0 Å². The van der Waals surface area contributed by atoms with Crippen LogP contribution in [0.2, 0.25) is 5.28 Å². The molecule has 6 heteroatoms. The molecule has 2 heterocycles. The summed E-state index contributed by atoms with van der Waals surface area (Å²) in [6.07, 6.45) is 1.56. The molecule has 0 bridgehead atoms. The fraction of sp³-hybridized carbons (Fsp3) is 0.0714. The van der Waals surface area contributed by atoms with Gasteiger partial charge in [0.25, 0.3) is 0 Å². The second-order valence-electron chi connectivity index (χ2n) is 4.00. The van der Waals surface area contributed by atoms with Crippen molar-refractivity contribution in [2.24, 2.45) is 0 Å². The van der Waals surface area contributed by atoms with E-state index in [0.29, 0.717) is 10.9 Å². The average Bonchev–Trinajstić information content (AvgIpc) is 2.80. The van der Waals surface area contributed by atoms with Gasteiger partial charge in [0, 0.05) is 17.8 Å². The molecule has 0 aliphatic rings. The number of hydrogen-bond donors (Lipinski definition) is 0. The summed E-state index contributed by atoms with van der Waals surface area (Å²) < 4.78 is 5.79. The van der Waals surface area contributed by atoms with Gasteiger partial charge < -0.3 is 4.74 Å². The number of benzene rings is 1. The fourth-order valence-corrected chi connectivity index (χ4v) is 2.66. The quantitative estimate of drug-likeness (QED) is 0.675. The van der Waals surface area contributed by atoms with Crippen LogP contribution in [0.1, 0.15) is 5.01 Å². The lowest BCUT2D eigenvalue weighted by Crippen LogP contribution is -1.89. The first-order valence-corrected chi connectivity index (χ1v) is 7.11. The molecule has 0 saturated heterocycles. The summed E-state index contributed by atoms with van der Waals surface area (Å²) >= 11 is 7.23. The molecular formula is C14H10ClN3OS. The number of aromatic nitrogens is 3. The maximum atomic E-state index is 5.79. The second-order valence-corrected chi connectivity index (χ2v) is 5.50. The fourth-order valence-electron chi connectivity index (χ4n) is 1.73. The lowest BCUT2D eigenvalue weighted by atomic mass is 10.2. The van der Waals surface area contributed by atoms with E-state index < -0.39 is 0 Å². The van der Waals surface area contributed by atoms with E-state index in [1.54, 1.807) is 12.3 Å². The number of ether oxygens (including phenoxy) is 1. The zero-order valence-electron chi connectivity index (χ0n) is 10.6. The van der Waals surface area contributed by atoms with Crippen molar-refractivity contribution >= 4 is 22.9 Å². The third-order valence-electron chi connectivity index (χ3n) is 2.55. The molecule has 0 fully saturated rings. The molecule has 0 aliphatic carbocycles. The molecule has 20 heavy (non-hydrogen) atoms. The highest BCUT2D eigenvalue weighted by atomic mass is 35.5. The molecule has 0 spiro atoms. The van der Waals surface area contributed by atoms with E-state index in [4.69, 9.17) is 16.3 Å². The molecule has 100 valence electrons. The average molecular weight is 304 g/mol. The van der Waals surface area contributed by atoms with Crippen molar-refractivity contribution in [3.05, 3.63) is 52.9 Å². The van der Waals surface area contributed by atoms with E-state index in [9.17, 15) is 0 Å². The monoisotopic (exact) mass is 303 g/mol. The van der Waals surface area contributed by atoms with Crippen molar-refractivity contribution in [1.82, 2.24) is 15.0 Å². The molecule has 0 atom stereocenters. The predicted octanol–water partition coefficient (Wildman–Crippen LogP) is 4.35. The molecule has 0 radical (unpaired) electrons. The smallest absolute Gasteiger partial charge is 0.225 e. The Morgan fingerprint density at radius 1 is 1.10 bits per heavy atom. The van der Waals surface area contributed by atoms with E-state index in [2.05, 4.69) is 15.0 Å². The van der Waals surface area contributed by atoms with Crippen molar-refractivity contribution in [2.45, 2.75) is 6.92 Å². The van der Waals surface area contributed by atoms with Crippen LogP contribution in [-0.4, -0.2) is 15.0 Å². The Hall–Kier alpha value is -1.98. The normalized spacial score (nSPS) is 10.5. The van der Waals surface area contributed by atoms with Crippen LogP contribution in [0.15, 0.2) is 42.6 Å². The van der Waals surface area contributed by atoms with Gasteiger partial charge in [0.1, 0.15) is 5.69 Å². The predicted molar refractivity (Wildman–Crippen MR) is 79.4 cm³/mol. The van der Waals surface area contributed by atoms with Crippen LogP contribution in [0.5, 0.6) is 10.9 Å². The number of aryl methyl sites for hydroxylation is 1. The van der Waals surface area contributed by atoms with Crippen LogP contribution in [-0.2, 0) is 0 Å².